The molecule has 1 fully saturated rings. The summed E-state index contributed by atoms with van der Waals surface area (Å²) in [6, 6.07) is 0. The predicted octanol–water partition coefficient (Wildman–Crippen LogP) is -0.833. The molecule has 0 aliphatic carbocycles. The number of nitrogens with zero attached hydrogens (tertiary/aromatic N) is 2. The highest BCUT2D eigenvalue weighted by molar-refractivity contribution is 5.81. The summed E-state index contributed by atoms with van der Waals surface area (Å²) < 4.78 is 0. The van der Waals surface area contributed by atoms with Gasteiger partial charge >= 0.3 is 0 Å². The van der Waals surface area contributed by atoms with Crippen LogP contribution in [0.3, 0.4) is 0 Å². The molecule has 1 aliphatic rings. The van der Waals surface area contributed by atoms with E-state index in [0.717, 1.165) is 26.2 Å². The number of rotatable bonds is 3. The molecule has 0 aromatic heterocycles. The number of hydrogen-bond donors (Lipinski definition) is 2. The van der Waals surface area contributed by atoms with Crippen molar-refractivity contribution < 1.29 is 9.59 Å². The quantitative estimate of drug-likeness (QED) is 0.384. The summed E-state index contributed by atoms with van der Waals surface area (Å²) in [5, 5.41) is 0. The van der Waals surface area contributed by atoms with Crippen molar-refractivity contribution in [1.29, 1.82) is 0 Å². The number of hydrazine groups is 1. The Kier molecular flexibility index (Phi) is 4.47. The molecule has 0 radical (unpaired) electrons. The maximum atomic E-state index is 11.6. The van der Waals surface area contributed by atoms with Gasteiger partial charge in [-0.3, -0.25) is 19.9 Å². The van der Waals surface area contributed by atoms with Crippen LogP contribution in [-0.2, 0) is 9.59 Å². The first kappa shape index (κ1) is 13.9. The van der Waals surface area contributed by atoms with E-state index in [2.05, 4.69) is 10.3 Å². The molecule has 1 saturated heterocycles. The maximum Gasteiger partial charge on any atom is 0.240 e. The standard InChI is InChI=1S/C11H22N4O2/c1-9(16)15-6-4-14(5-7-15)8-11(2,3)10(17)13-12/h4-8,12H2,1-3H3,(H,13,17). The Labute approximate surface area is 102 Å². The number of hydrogen-bond acceptors (Lipinski definition) is 4. The van der Waals surface area contributed by atoms with Crippen LogP contribution in [0.15, 0.2) is 0 Å². The minimum Gasteiger partial charge on any atom is -0.340 e. The molecule has 98 valence electrons. The molecular formula is C11H22N4O2. The van der Waals surface area contributed by atoms with Crippen molar-refractivity contribution in [3.63, 3.8) is 0 Å². The molecule has 1 heterocycles. The van der Waals surface area contributed by atoms with E-state index in [4.69, 9.17) is 5.84 Å². The van der Waals surface area contributed by atoms with Gasteiger partial charge in [0.1, 0.15) is 0 Å². The van der Waals surface area contributed by atoms with Gasteiger partial charge in [-0.1, -0.05) is 0 Å². The van der Waals surface area contributed by atoms with Crippen molar-refractivity contribution in [3.8, 4) is 0 Å². The number of nitrogens with two attached hydrogens (primary N) is 1. The Balaban J connectivity index is 2.45. The fraction of sp³-hybridized carbons (Fsp3) is 0.818. The Hall–Kier alpha value is -1.14. The van der Waals surface area contributed by atoms with Crippen molar-refractivity contribution in [2.45, 2.75) is 20.8 Å². The lowest BCUT2D eigenvalue weighted by molar-refractivity contribution is -0.133. The fourth-order valence-corrected chi connectivity index (χ4v) is 2.05. The Morgan fingerprint density at radius 1 is 1.24 bits per heavy atom. The van der Waals surface area contributed by atoms with E-state index < -0.39 is 5.41 Å². The van der Waals surface area contributed by atoms with Crippen LogP contribution in [0, 0.1) is 5.41 Å². The highest BCUT2D eigenvalue weighted by atomic mass is 16.2. The monoisotopic (exact) mass is 242 g/mol. The predicted molar refractivity (Wildman–Crippen MR) is 64.8 cm³/mol. The number of carbonyl (C=O) groups excluding carboxylic acids is 2. The van der Waals surface area contributed by atoms with E-state index in [9.17, 15) is 9.59 Å². The second-order valence-electron chi connectivity index (χ2n) is 5.14. The van der Waals surface area contributed by atoms with Gasteiger partial charge in [0.05, 0.1) is 5.41 Å². The van der Waals surface area contributed by atoms with Gasteiger partial charge in [0.2, 0.25) is 11.8 Å². The summed E-state index contributed by atoms with van der Waals surface area (Å²) in [5.41, 5.74) is 1.68. The van der Waals surface area contributed by atoms with Gasteiger partial charge in [-0.25, -0.2) is 5.84 Å². The van der Waals surface area contributed by atoms with Crippen molar-refractivity contribution in [2.75, 3.05) is 32.7 Å². The van der Waals surface area contributed by atoms with E-state index in [0.29, 0.717) is 6.54 Å². The van der Waals surface area contributed by atoms with Gasteiger partial charge in [0.15, 0.2) is 0 Å². The normalized spacial score (nSPS) is 18.0. The summed E-state index contributed by atoms with van der Waals surface area (Å²) in [4.78, 5) is 26.7. The Bertz CT molecular complexity index is 296. The highest BCUT2D eigenvalue weighted by Gasteiger charge is 2.31. The molecule has 0 aromatic rings. The topological polar surface area (TPSA) is 78.7 Å². The van der Waals surface area contributed by atoms with Gasteiger partial charge < -0.3 is 4.90 Å². The number of nitrogens with one attached hydrogen (secondary N) is 1. The zero-order valence-electron chi connectivity index (χ0n) is 10.8. The average molecular weight is 242 g/mol. The van der Waals surface area contributed by atoms with Gasteiger partial charge in [0, 0.05) is 39.6 Å². The number of piperazine rings is 1. The summed E-state index contributed by atoms with van der Waals surface area (Å²) >= 11 is 0. The molecule has 0 saturated carbocycles. The molecule has 1 aliphatic heterocycles. The van der Waals surface area contributed by atoms with Gasteiger partial charge in [0.25, 0.3) is 0 Å². The van der Waals surface area contributed by atoms with Crippen LogP contribution in [0.2, 0.25) is 0 Å². The first-order valence-corrected chi connectivity index (χ1v) is 5.86. The largest absolute Gasteiger partial charge is 0.340 e. The number of carbonyl (C=O) groups is 2. The van der Waals surface area contributed by atoms with Crippen molar-refractivity contribution in [1.82, 2.24) is 15.2 Å². The molecule has 3 N–H and O–H groups in total. The smallest absolute Gasteiger partial charge is 0.240 e. The Morgan fingerprint density at radius 3 is 2.18 bits per heavy atom. The molecule has 0 bridgehead atoms. The third-order valence-electron chi connectivity index (χ3n) is 3.18. The fourth-order valence-electron chi connectivity index (χ4n) is 2.05. The minimum absolute atomic E-state index is 0.114. The van der Waals surface area contributed by atoms with Crippen LogP contribution in [0.1, 0.15) is 20.8 Å². The molecule has 0 unspecified atom stereocenters. The first-order valence-electron chi connectivity index (χ1n) is 5.86. The summed E-state index contributed by atoms with van der Waals surface area (Å²) in [6.45, 7) is 9.05. The second-order valence-corrected chi connectivity index (χ2v) is 5.14. The highest BCUT2D eigenvalue weighted by Crippen LogP contribution is 2.18. The summed E-state index contributed by atoms with van der Waals surface area (Å²) in [7, 11) is 0. The third kappa shape index (κ3) is 3.67. The SMILES string of the molecule is CC(=O)N1CCN(CC(C)(C)C(=O)NN)CC1. The van der Waals surface area contributed by atoms with Gasteiger partial charge in [-0.15, -0.1) is 0 Å². The van der Waals surface area contributed by atoms with Crippen LogP contribution in [-0.4, -0.2) is 54.3 Å². The lowest BCUT2D eigenvalue weighted by atomic mass is 9.91. The van der Waals surface area contributed by atoms with Crippen LogP contribution in [0.25, 0.3) is 0 Å². The molecule has 2 amide bonds. The van der Waals surface area contributed by atoms with Crippen LogP contribution >= 0.6 is 0 Å². The van der Waals surface area contributed by atoms with Crippen LogP contribution < -0.4 is 11.3 Å². The average Bonchev–Trinajstić information content (AvgIpc) is 2.28. The molecule has 0 aromatic carbocycles. The summed E-state index contributed by atoms with van der Waals surface area (Å²) in [6.07, 6.45) is 0. The maximum absolute atomic E-state index is 11.6. The van der Waals surface area contributed by atoms with Gasteiger partial charge in [-0.05, 0) is 13.8 Å². The molecule has 17 heavy (non-hydrogen) atoms. The molecule has 0 atom stereocenters. The van der Waals surface area contributed by atoms with Crippen molar-refractivity contribution in [2.24, 2.45) is 11.3 Å². The lowest BCUT2D eigenvalue weighted by Crippen LogP contribution is -2.53. The minimum atomic E-state index is -0.507. The molecular weight excluding hydrogens is 220 g/mol. The van der Waals surface area contributed by atoms with E-state index in [-0.39, 0.29) is 11.8 Å². The molecule has 6 heteroatoms. The lowest BCUT2D eigenvalue weighted by Gasteiger charge is -2.37. The van der Waals surface area contributed by atoms with E-state index >= 15 is 0 Å². The van der Waals surface area contributed by atoms with Crippen molar-refractivity contribution >= 4 is 11.8 Å². The van der Waals surface area contributed by atoms with Crippen molar-refractivity contribution in [3.05, 3.63) is 0 Å². The number of amides is 2. The third-order valence-corrected chi connectivity index (χ3v) is 3.18. The summed E-state index contributed by atoms with van der Waals surface area (Å²) in [5.74, 6) is 5.11. The van der Waals surface area contributed by atoms with E-state index in [1.807, 2.05) is 18.7 Å². The molecule has 6 nitrogen and oxygen atoms in total. The zero-order valence-corrected chi connectivity index (χ0v) is 10.8. The van der Waals surface area contributed by atoms with Crippen LogP contribution in [0.5, 0.6) is 0 Å². The van der Waals surface area contributed by atoms with Crippen LogP contribution in [0.4, 0.5) is 0 Å². The van der Waals surface area contributed by atoms with E-state index in [1.54, 1.807) is 6.92 Å². The second kappa shape index (κ2) is 5.46. The first-order chi connectivity index (χ1) is 7.86. The van der Waals surface area contributed by atoms with Gasteiger partial charge in [-0.2, -0.15) is 0 Å². The molecule has 0 spiro atoms. The molecule has 1 rings (SSSR count). The zero-order chi connectivity index (χ0) is 13.1. The van der Waals surface area contributed by atoms with E-state index in [1.165, 1.54) is 0 Å². The Morgan fingerprint density at radius 2 is 1.76 bits per heavy atom.